The fourth-order valence-electron chi connectivity index (χ4n) is 3.60. The van der Waals surface area contributed by atoms with Gasteiger partial charge in [-0.1, -0.05) is 24.3 Å². The number of carbonyl (C=O) groups is 1. The molecule has 1 saturated heterocycles. The molecule has 25 heavy (non-hydrogen) atoms. The molecule has 4 nitrogen and oxygen atoms in total. The molecule has 2 aromatic carbocycles. The number of imidazole rings is 1. The van der Waals surface area contributed by atoms with E-state index in [1.165, 1.54) is 12.1 Å². The fraction of sp³-hybridized carbons (Fsp3) is 0.300. The van der Waals surface area contributed by atoms with Gasteiger partial charge in [0.15, 0.2) is 0 Å². The summed E-state index contributed by atoms with van der Waals surface area (Å²) < 4.78 is 15.4. The van der Waals surface area contributed by atoms with Crippen molar-refractivity contribution in [3.05, 3.63) is 65.7 Å². The zero-order valence-corrected chi connectivity index (χ0v) is 14.2. The van der Waals surface area contributed by atoms with Crippen LogP contribution < -0.4 is 0 Å². The van der Waals surface area contributed by atoms with Gasteiger partial charge in [0.25, 0.3) is 0 Å². The van der Waals surface area contributed by atoms with Crippen molar-refractivity contribution in [3.63, 3.8) is 0 Å². The maximum absolute atomic E-state index is 13.2. The van der Waals surface area contributed by atoms with Crippen molar-refractivity contribution in [2.45, 2.75) is 25.8 Å². The lowest BCUT2D eigenvalue weighted by Gasteiger charge is -2.15. The average Bonchev–Trinajstić information content (AvgIpc) is 3.17. The lowest BCUT2D eigenvalue weighted by molar-refractivity contribution is -0.127. The zero-order valence-electron chi connectivity index (χ0n) is 14.2. The maximum Gasteiger partial charge on any atom is 0.223 e. The van der Waals surface area contributed by atoms with Crippen LogP contribution in [0.3, 0.4) is 0 Å². The summed E-state index contributed by atoms with van der Waals surface area (Å²) in [6.45, 7) is 4.06. The molecule has 0 saturated carbocycles. The van der Waals surface area contributed by atoms with Gasteiger partial charge in [0, 0.05) is 32.0 Å². The predicted octanol–water partition coefficient (Wildman–Crippen LogP) is 3.56. The van der Waals surface area contributed by atoms with Crippen LogP contribution in [0.5, 0.6) is 0 Å². The molecule has 1 aromatic heterocycles. The highest BCUT2D eigenvalue weighted by molar-refractivity contribution is 5.80. The fourth-order valence-corrected chi connectivity index (χ4v) is 3.60. The number of nitrogens with zero attached hydrogens (tertiary/aromatic N) is 3. The molecule has 1 atom stereocenters. The van der Waals surface area contributed by atoms with E-state index >= 15 is 0 Å². The van der Waals surface area contributed by atoms with Crippen LogP contribution in [0.25, 0.3) is 11.0 Å². The number of fused-ring (bicyclic) bond motifs is 1. The number of likely N-dealkylation sites (tertiary alicyclic amines) is 1. The summed E-state index contributed by atoms with van der Waals surface area (Å²) in [4.78, 5) is 18.9. The third kappa shape index (κ3) is 2.90. The van der Waals surface area contributed by atoms with Crippen molar-refractivity contribution < 1.29 is 9.18 Å². The first-order chi connectivity index (χ1) is 12.2. The molecule has 1 fully saturated rings. The molecule has 3 aromatic rings. The topological polar surface area (TPSA) is 38.1 Å². The molecule has 0 N–H and O–H groups in total. The molecule has 128 valence electrons. The number of amides is 1. The third-order valence-electron chi connectivity index (χ3n) is 4.90. The number of para-hydroxylation sites is 2. The standard InChI is InChI=1S/C20H20FN3O/c1-2-23-13-15(11-19(23)25)20-22-17-5-3-4-6-18(17)24(20)12-14-7-9-16(21)10-8-14/h3-10,15H,2,11-13H2,1H3. The van der Waals surface area contributed by atoms with Crippen LogP contribution >= 0.6 is 0 Å². The molecule has 1 unspecified atom stereocenters. The van der Waals surface area contributed by atoms with Crippen LogP contribution in [0, 0.1) is 5.82 Å². The first-order valence-electron chi connectivity index (χ1n) is 8.63. The molecule has 0 spiro atoms. The lowest BCUT2D eigenvalue weighted by Crippen LogP contribution is -2.24. The summed E-state index contributed by atoms with van der Waals surface area (Å²) in [5, 5.41) is 0. The molecular weight excluding hydrogens is 317 g/mol. The first-order valence-corrected chi connectivity index (χ1v) is 8.63. The number of benzene rings is 2. The van der Waals surface area contributed by atoms with Crippen LogP contribution in [0.2, 0.25) is 0 Å². The highest BCUT2D eigenvalue weighted by Gasteiger charge is 2.33. The minimum absolute atomic E-state index is 0.0975. The highest BCUT2D eigenvalue weighted by atomic mass is 19.1. The molecule has 0 radical (unpaired) electrons. The van der Waals surface area contributed by atoms with Crippen LogP contribution in [-0.2, 0) is 11.3 Å². The quantitative estimate of drug-likeness (QED) is 0.730. The smallest absolute Gasteiger partial charge is 0.223 e. The Morgan fingerprint density at radius 2 is 1.92 bits per heavy atom. The minimum Gasteiger partial charge on any atom is -0.342 e. The number of hydrogen-bond donors (Lipinski definition) is 0. The SMILES string of the molecule is CCN1CC(c2nc3ccccc3n2Cc2ccc(F)cc2)CC1=O. The molecule has 4 rings (SSSR count). The third-order valence-corrected chi connectivity index (χ3v) is 4.90. The van der Waals surface area contributed by atoms with Crippen LogP contribution in [0.4, 0.5) is 4.39 Å². The Bertz CT molecular complexity index is 916. The van der Waals surface area contributed by atoms with Gasteiger partial charge >= 0.3 is 0 Å². The van der Waals surface area contributed by atoms with Gasteiger partial charge in [-0.3, -0.25) is 4.79 Å². The van der Waals surface area contributed by atoms with Gasteiger partial charge in [-0.05, 0) is 36.8 Å². The van der Waals surface area contributed by atoms with E-state index in [9.17, 15) is 9.18 Å². The monoisotopic (exact) mass is 337 g/mol. The summed E-state index contributed by atoms with van der Waals surface area (Å²) >= 11 is 0. The Balaban J connectivity index is 1.76. The molecule has 0 aliphatic carbocycles. The van der Waals surface area contributed by atoms with E-state index in [4.69, 9.17) is 4.98 Å². The van der Waals surface area contributed by atoms with E-state index in [2.05, 4.69) is 4.57 Å². The number of rotatable bonds is 4. The van der Waals surface area contributed by atoms with Crippen molar-refractivity contribution >= 4 is 16.9 Å². The van der Waals surface area contributed by atoms with Crippen molar-refractivity contribution in [3.8, 4) is 0 Å². The second-order valence-corrected chi connectivity index (χ2v) is 6.50. The summed E-state index contributed by atoms with van der Waals surface area (Å²) in [5.41, 5.74) is 2.99. The molecule has 0 bridgehead atoms. The lowest BCUT2D eigenvalue weighted by atomic mass is 10.1. The number of likely N-dealkylation sites (N-methyl/N-ethyl adjacent to an activating group) is 1. The Morgan fingerprint density at radius 1 is 1.16 bits per heavy atom. The van der Waals surface area contributed by atoms with Gasteiger partial charge < -0.3 is 9.47 Å². The first kappa shape index (κ1) is 15.8. The molecule has 1 amide bonds. The van der Waals surface area contributed by atoms with Gasteiger partial charge in [0.2, 0.25) is 5.91 Å². The van der Waals surface area contributed by atoms with E-state index in [0.29, 0.717) is 19.5 Å². The summed E-state index contributed by atoms with van der Waals surface area (Å²) in [6, 6.07) is 14.6. The van der Waals surface area contributed by atoms with Crippen LogP contribution in [0.15, 0.2) is 48.5 Å². The average molecular weight is 337 g/mol. The number of halogens is 1. The Morgan fingerprint density at radius 3 is 2.64 bits per heavy atom. The normalized spacial score (nSPS) is 17.6. The van der Waals surface area contributed by atoms with Crippen molar-refractivity contribution in [2.75, 3.05) is 13.1 Å². The largest absolute Gasteiger partial charge is 0.342 e. The van der Waals surface area contributed by atoms with Crippen LogP contribution in [0.1, 0.15) is 30.7 Å². The molecule has 2 heterocycles. The van der Waals surface area contributed by atoms with Gasteiger partial charge in [0.05, 0.1) is 11.0 Å². The number of aromatic nitrogens is 2. The van der Waals surface area contributed by atoms with Crippen molar-refractivity contribution in [2.24, 2.45) is 0 Å². The van der Waals surface area contributed by atoms with Gasteiger partial charge in [-0.25, -0.2) is 9.37 Å². The molecule has 5 heteroatoms. The van der Waals surface area contributed by atoms with E-state index in [-0.39, 0.29) is 17.6 Å². The van der Waals surface area contributed by atoms with Gasteiger partial charge in [0.1, 0.15) is 11.6 Å². The van der Waals surface area contributed by atoms with E-state index in [1.807, 2.05) is 36.1 Å². The Hall–Kier alpha value is -2.69. The minimum atomic E-state index is -0.237. The predicted molar refractivity (Wildman–Crippen MR) is 94.8 cm³/mol. The van der Waals surface area contributed by atoms with Gasteiger partial charge in [-0.15, -0.1) is 0 Å². The summed E-state index contributed by atoms with van der Waals surface area (Å²) in [6.07, 6.45) is 0.501. The number of hydrogen-bond acceptors (Lipinski definition) is 2. The second kappa shape index (κ2) is 6.31. The van der Waals surface area contributed by atoms with Crippen molar-refractivity contribution in [1.29, 1.82) is 0 Å². The summed E-state index contributed by atoms with van der Waals surface area (Å²) in [7, 11) is 0. The Kier molecular flexibility index (Phi) is 3.99. The molecular formula is C20H20FN3O. The zero-order chi connectivity index (χ0) is 17.4. The highest BCUT2D eigenvalue weighted by Crippen LogP contribution is 2.30. The Labute approximate surface area is 145 Å². The maximum atomic E-state index is 13.2. The van der Waals surface area contributed by atoms with Crippen molar-refractivity contribution in [1.82, 2.24) is 14.5 Å². The van der Waals surface area contributed by atoms with E-state index < -0.39 is 0 Å². The molecule has 1 aliphatic heterocycles. The molecule has 1 aliphatic rings. The number of carbonyl (C=O) groups excluding carboxylic acids is 1. The van der Waals surface area contributed by atoms with E-state index in [1.54, 1.807) is 12.1 Å². The van der Waals surface area contributed by atoms with E-state index in [0.717, 1.165) is 29.0 Å². The summed E-state index contributed by atoms with van der Waals surface area (Å²) in [5.74, 6) is 0.988. The second-order valence-electron chi connectivity index (χ2n) is 6.50. The van der Waals surface area contributed by atoms with Gasteiger partial charge in [-0.2, -0.15) is 0 Å². The van der Waals surface area contributed by atoms with Crippen LogP contribution in [-0.4, -0.2) is 33.4 Å².